The van der Waals surface area contributed by atoms with E-state index in [0.717, 1.165) is 53.2 Å². The Morgan fingerprint density at radius 3 is 2.72 bits per heavy atom. The molecule has 198 valence electrons. The molecule has 2 unspecified atom stereocenters. The predicted molar refractivity (Wildman–Crippen MR) is 143 cm³/mol. The van der Waals surface area contributed by atoms with E-state index in [-0.39, 0.29) is 24.6 Å². The molecule has 4 aromatic heterocycles. The van der Waals surface area contributed by atoms with Crippen LogP contribution in [0.5, 0.6) is 11.6 Å². The average molecular weight is 528 g/mol. The first-order valence-corrected chi connectivity index (χ1v) is 12.9. The number of pyridine rings is 3. The quantitative estimate of drug-likeness (QED) is 0.364. The van der Waals surface area contributed by atoms with Gasteiger partial charge in [0.1, 0.15) is 24.8 Å². The molecule has 0 spiro atoms. The van der Waals surface area contributed by atoms with Gasteiger partial charge in [0.25, 0.3) is 5.91 Å². The zero-order chi connectivity index (χ0) is 26.5. The van der Waals surface area contributed by atoms with E-state index in [1.807, 2.05) is 35.5 Å². The predicted octanol–water partition coefficient (Wildman–Crippen LogP) is 3.18. The fraction of sp³-hybridized carbons (Fsp3) is 0.321. The number of methoxy groups -OCH3 is 1. The van der Waals surface area contributed by atoms with Crippen LogP contribution < -0.4 is 14.4 Å². The number of rotatable bonds is 7. The van der Waals surface area contributed by atoms with Gasteiger partial charge < -0.3 is 19.3 Å². The second-order valence-corrected chi connectivity index (χ2v) is 9.91. The van der Waals surface area contributed by atoms with Gasteiger partial charge in [0, 0.05) is 54.5 Å². The van der Waals surface area contributed by atoms with Crippen molar-refractivity contribution in [3.05, 3.63) is 65.7 Å². The molecule has 0 aliphatic carbocycles. The number of carbonyl (C=O) groups excluding carboxylic acids is 1. The van der Waals surface area contributed by atoms with Gasteiger partial charge in [0.2, 0.25) is 5.88 Å². The molecule has 1 amide bonds. The number of amides is 1. The Hall–Kier alpha value is -4.54. The van der Waals surface area contributed by atoms with Gasteiger partial charge in [0.05, 0.1) is 48.7 Å². The summed E-state index contributed by atoms with van der Waals surface area (Å²) in [6.07, 6.45) is 8.03. The highest BCUT2D eigenvalue weighted by molar-refractivity contribution is 5.99. The molecular weight excluding hydrogens is 501 g/mol. The molecule has 2 bridgehead atoms. The van der Waals surface area contributed by atoms with Crippen LogP contribution in [0.4, 0.5) is 10.2 Å². The Morgan fingerprint density at radius 2 is 2.00 bits per heavy atom. The minimum Gasteiger partial charge on any atom is -0.489 e. The summed E-state index contributed by atoms with van der Waals surface area (Å²) >= 11 is 0. The molecule has 4 aliphatic heterocycles. The van der Waals surface area contributed by atoms with Crippen molar-refractivity contribution in [3.8, 4) is 22.8 Å². The largest absolute Gasteiger partial charge is 0.489 e. The van der Waals surface area contributed by atoms with E-state index >= 15 is 0 Å². The molecule has 0 aromatic carbocycles. The topological polar surface area (TPSA) is 97.5 Å². The third-order valence-corrected chi connectivity index (χ3v) is 7.63. The van der Waals surface area contributed by atoms with Gasteiger partial charge >= 0.3 is 0 Å². The number of piperazine rings is 1. The van der Waals surface area contributed by atoms with Gasteiger partial charge in [0.15, 0.2) is 0 Å². The SMILES string of the molecule is COc1ccc(C(=O)N2C3CC2CN(c2ccc(-c4cc(OCCF)cn5nc6c(c45)C=NC6)cn2)C3)cn1. The third kappa shape index (κ3) is 3.96. The number of hydrogen-bond donors (Lipinski definition) is 0. The van der Waals surface area contributed by atoms with Crippen molar-refractivity contribution in [2.45, 2.75) is 25.0 Å². The van der Waals surface area contributed by atoms with Gasteiger partial charge in [-0.1, -0.05) is 0 Å². The molecule has 0 N–H and O–H groups in total. The van der Waals surface area contributed by atoms with E-state index in [9.17, 15) is 9.18 Å². The summed E-state index contributed by atoms with van der Waals surface area (Å²) in [5.74, 6) is 1.91. The number of anilines is 1. The average Bonchev–Trinajstić information content (AvgIpc) is 3.57. The molecule has 3 fully saturated rings. The monoisotopic (exact) mass is 527 g/mol. The highest BCUT2D eigenvalue weighted by Gasteiger charge is 2.47. The number of hydrogen-bond acceptors (Lipinski definition) is 8. The minimum atomic E-state index is -0.566. The van der Waals surface area contributed by atoms with Crippen LogP contribution in [0, 0.1) is 0 Å². The van der Waals surface area contributed by atoms with Gasteiger partial charge in [-0.3, -0.25) is 9.79 Å². The summed E-state index contributed by atoms with van der Waals surface area (Å²) in [6.45, 7) is 1.41. The van der Waals surface area contributed by atoms with E-state index in [2.05, 4.69) is 20.0 Å². The number of piperidine rings is 1. The maximum absolute atomic E-state index is 13.1. The Balaban J connectivity index is 1.11. The van der Waals surface area contributed by atoms with E-state index in [4.69, 9.17) is 14.5 Å². The molecule has 3 saturated heterocycles. The van der Waals surface area contributed by atoms with Crippen LogP contribution in [0.3, 0.4) is 0 Å². The minimum absolute atomic E-state index is 0.00474. The number of fused-ring (bicyclic) bond motifs is 5. The van der Waals surface area contributed by atoms with Crippen molar-refractivity contribution in [1.29, 1.82) is 0 Å². The molecule has 4 aromatic rings. The highest BCUT2D eigenvalue weighted by atomic mass is 19.1. The van der Waals surface area contributed by atoms with Crippen molar-refractivity contribution < 1.29 is 18.7 Å². The van der Waals surface area contributed by atoms with Crippen LogP contribution in [0.2, 0.25) is 0 Å². The van der Waals surface area contributed by atoms with E-state index in [1.54, 1.807) is 36.2 Å². The first-order valence-electron chi connectivity index (χ1n) is 12.9. The molecular formula is C28H26FN7O3. The Labute approximate surface area is 223 Å². The van der Waals surface area contributed by atoms with Crippen molar-refractivity contribution in [1.82, 2.24) is 24.5 Å². The molecule has 39 heavy (non-hydrogen) atoms. The smallest absolute Gasteiger partial charge is 0.256 e. The van der Waals surface area contributed by atoms with Crippen molar-refractivity contribution >= 4 is 23.5 Å². The maximum atomic E-state index is 13.1. The number of aromatic nitrogens is 4. The lowest BCUT2D eigenvalue weighted by atomic mass is 9.86. The first-order chi connectivity index (χ1) is 19.1. The van der Waals surface area contributed by atoms with Gasteiger partial charge in [-0.05, 0) is 30.7 Å². The van der Waals surface area contributed by atoms with Gasteiger partial charge in [-0.2, -0.15) is 5.10 Å². The summed E-state index contributed by atoms with van der Waals surface area (Å²) < 4.78 is 25.3. The summed E-state index contributed by atoms with van der Waals surface area (Å²) in [5.41, 5.74) is 5.19. The number of nitrogens with zero attached hydrogens (tertiary/aromatic N) is 7. The fourth-order valence-corrected chi connectivity index (χ4v) is 5.79. The highest BCUT2D eigenvalue weighted by Crippen LogP contribution is 2.37. The molecule has 8 heterocycles. The van der Waals surface area contributed by atoms with Gasteiger partial charge in [-0.15, -0.1) is 0 Å². The summed E-state index contributed by atoms with van der Waals surface area (Å²) in [5, 5.41) is 4.65. The summed E-state index contributed by atoms with van der Waals surface area (Å²) in [4.78, 5) is 30.6. The number of alkyl halides is 1. The second-order valence-electron chi connectivity index (χ2n) is 9.91. The second kappa shape index (κ2) is 9.33. The van der Waals surface area contributed by atoms with Crippen LogP contribution in [0.1, 0.15) is 28.0 Å². The Kier molecular flexibility index (Phi) is 5.64. The first kappa shape index (κ1) is 23.6. The van der Waals surface area contributed by atoms with E-state index < -0.39 is 6.67 Å². The lowest BCUT2D eigenvalue weighted by Gasteiger charge is -2.56. The van der Waals surface area contributed by atoms with Crippen LogP contribution in [-0.4, -0.2) is 82.2 Å². The van der Waals surface area contributed by atoms with Crippen molar-refractivity contribution in [2.24, 2.45) is 4.99 Å². The number of ether oxygens (including phenoxy) is 2. The van der Waals surface area contributed by atoms with Crippen molar-refractivity contribution in [3.63, 3.8) is 0 Å². The maximum Gasteiger partial charge on any atom is 0.256 e. The standard InChI is InChI=1S/C28H26FN7O3/c1-38-26-5-3-18(11-32-26)28(37)36-19-8-20(36)15-34(14-19)25-4-2-17(10-31-25)22-9-21(39-7-6-29)16-35-27(22)23-12-30-13-24(23)33-35/h2-5,9-12,16,19-20H,6-8,13-15H2,1H3. The van der Waals surface area contributed by atoms with Crippen LogP contribution in [0.25, 0.3) is 16.6 Å². The molecule has 8 rings (SSSR count). The normalized spacial score (nSPS) is 19.2. The third-order valence-electron chi connectivity index (χ3n) is 7.63. The fourth-order valence-electron chi connectivity index (χ4n) is 5.79. The van der Waals surface area contributed by atoms with Crippen LogP contribution in [0.15, 0.2) is 53.9 Å². The van der Waals surface area contributed by atoms with Crippen LogP contribution in [-0.2, 0) is 6.54 Å². The van der Waals surface area contributed by atoms with Crippen LogP contribution >= 0.6 is 0 Å². The zero-order valence-electron chi connectivity index (χ0n) is 21.3. The van der Waals surface area contributed by atoms with Gasteiger partial charge in [-0.25, -0.2) is 18.9 Å². The molecule has 0 radical (unpaired) electrons. The number of halogens is 1. The number of carbonyl (C=O) groups is 1. The lowest BCUT2D eigenvalue weighted by molar-refractivity contribution is 0.00572. The number of aliphatic imine (C=N–C) groups is 1. The van der Waals surface area contributed by atoms with E-state index in [0.29, 0.717) is 23.7 Å². The lowest BCUT2D eigenvalue weighted by Crippen LogP contribution is -2.70. The Morgan fingerprint density at radius 1 is 1.13 bits per heavy atom. The molecule has 11 heteroatoms. The molecule has 4 aliphatic rings. The van der Waals surface area contributed by atoms with Crippen molar-refractivity contribution in [2.75, 3.05) is 38.4 Å². The molecule has 2 atom stereocenters. The zero-order valence-corrected chi connectivity index (χ0v) is 21.3. The molecule has 0 saturated carbocycles. The summed E-state index contributed by atoms with van der Waals surface area (Å²) in [6, 6.07) is 9.70. The Bertz CT molecular complexity index is 1570. The van der Waals surface area contributed by atoms with E-state index in [1.165, 1.54) is 0 Å². The summed E-state index contributed by atoms with van der Waals surface area (Å²) in [7, 11) is 1.55. The molecule has 10 nitrogen and oxygen atoms in total.